The van der Waals surface area contributed by atoms with Gasteiger partial charge in [-0.25, -0.2) is 9.78 Å². The summed E-state index contributed by atoms with van der Waals surface area (Å²) in [6.45, 7) is 2.84. The maximum Gasteiger partial charge on any atom is 0.348 e. The fourth-order valence-corrected chi connectivity index (χ4v) is 5.64. The van der Waals surface area contributed by atoms with Crippen molar-refractivity contribution >= 4 is 39.9 Å². The van der Waals surface area contributed by atoms with Gasteiger partial charge in [0.05, 0.1) is 30.0 Å². The number of ether oxygens (including phenoxy) is 1. The van der Waals surface area contributed by atoms with Crippen molar-refractivity contribution in [3.8, 4) is 17.5 Å². The summed E-state index contributed by atoms with van der Waals surface area (Å²) < 4.78 is 6.31. The number of nitrogens with zero attached hydrogens (tertiary/aromatic N) is 5. The summed E-state index contributed by atoms with van der Waals surface area (Å²) in [5.41, 5.74) is 2.32. The van der Waals surface area contributed by atoms with Crippen LogP contribution in [0.15, 0.2) is 48.9 Å². The number of nitriles is 1. The number of hydrogen-bond donors (Lipinski definition) is 3. The Balaban J connectivity index is 1.40. The predicted octanol–water partition coefficient (Wildman–Crippen LogP) is 4.05. The first-order valence-electron chi connectivity index (χ1n) is 12.4. The molecular weight excluding hydrogens is 554 g/mol. The van der Waals surface area contributed by atoms with Gasteiger partial charge in [-0.3, -0.25) is 14.8 Å². The highest BCUT2D eigenvalue weighted by Crippen LogP contribution is 2.34. The van der Waals surface area contributed by atoms with Gasteiger partial charge < -0.3 is 25.0 Å². The SMILES string of the molecule is Cc1[nH]c(C(=O)N[C@@H]2CCN(c3nc(-c4cnccn4)c(C(=O)O)s3)C[C@@H]2OCc2ccccc2)c(C#N)c1Cl. The Bertz CT molecular complexity index is 1570. The fourth-order valence-electron chi connectivity index (χ4n) is 4.50. The molecule has 1 aromatic carbocycles. The first kappa shape index (κ1) is 27.3. The van der Waals surface area contributed by atoms with E-state index < -0.39 is 18.0 Å². The van der Waals surface area contributed by atoms with E-state index in [1.54, 1.807) is 6.92 Å². The standard InChI is InChI=1S/C27H24ClN7O4S/c1-15-21(28)17(11-29)22(32-15)25(36)33-18-7-10-35(13-20(18)39-14-16-5-3-2-4-6-16)27-34-23(24(40-27)26(37)38)19-12-30-8-9-31-19/h2-6,8-9,12,18,20,32H,7,10,13-14H2,1H3,(H,33,36)(H,37,38)/t18-,20+/m1/s1. The van der Waals surface area contributed by atoms with Gasteiger partial charge >= 0.3 is 5.97 Å². The smallest absolute Gasteiger partial charge is 0.348 e. The number of carboxylic acids is 1. The zero-order valence-corrected chi connectivity index (χ0v) is 22.9. The highest BCUT2D eigenvalue weighted by Gasteiger charge is 2.35. The molecule has 5 rings (SSSR count). The van der Waals surface area contributed by atoms with E-state index in [0.717, 1.165) is 16.9 Å². The molecule has 40 heavy (non-hydrogen) atoms. The number of aryl methyl sites for hydroxylation is 1. The Kier molecular flexibility index (Phi) is 8.06. The number of anilines is 1. The first-order valence-corrected chi connectivity index (χ1v) is 13.5. The van der Waals surface area contributed by atoms with E-state index in [2.05, 4.69) is 25.3 Å². The Morgan fingerprint density at radius 2 is 2.12 bits per heavy atom. The number of amides is 1. The maximum absolute atomic E-state index is 13.2. The lowest BCUT2D eigenvalue weighted by atomic mass is 10.0. The molecule has 1 aliphatic rings. The second-order valence-electron chi connectivity index (χ2n) is 9.15. The maximum atomic E-state index is 13.2. The van der Waals surface area contributed by atoms with Crippen LogP contribution in [0.25, 0.3) is 11.4 Å². The van der Waals surface area contributed by atoms with Crippen molar-refractivity contribution in [2.24, 2.45) is 0 Å². The summed E-state index contributed by atoms with van der Waals surface area (Å²) in [4.78, 5) is 43.0. The normalized spacial score (nSPS) is 16.9. The number of hydrogen-bond acceptors (Lipinski definition) is 9. The summed E-state index contributed by atoms with van der Waals surface area (Å²) >= 11 is 7.25. The van der Waals surface area contributed by atoms with Crippen LogP contribution in [0.3, 0.4) is 0 Å². The van der Waals surface area contributed by atoms with E-state index in [4.69, 9.17) is 16.3 Å². The third-order valence-electron chi connectivity index (χ3n) is 6.52. The number of carbonyl (C=O) groups is 2. The molecule has 204 valence electrons. The highest BCUT2D eigenvalue weighted by atomic mass is 35.5. The number of H-pyrrole nitrogens is 1. The molecule has 4 aromatic rings. The van der Waals surface area contributed by atoms with Gasteiger partial charge in [0, 0.05) is 31.2 Å². The minimum Gasteiger partial charge on any atom is -0.477 e. The number of benzene rings is 1. The number of aromatic nitrogens is 4. The van der Waals surface area contributed by atoms with Crippen LogP contribution in [-0.2, 0) is 11.3 Å². The molecule has 1 amide bonds. The van der Waals surface area contributed by atoms with E-state index >= 15 is 0 Å². The van der Waals surface area contributed by atoms with Gasteiger partial charge in [-0.2, -0.15) is 5.26 Å². The average Bonchev–Trinajstić information content (AvgIpc) is 3.55. The molecule has 3 aromatic heterocycles. The molecule has 1 saturated heterocycles. The van der Waals surface area contributed by atoms with Crippen molar-refractivity contribution in [3.63, 3.8) is 0 Å². The molecule has 11 nitrogen and oxygen atoms in total. The molecule has 1 aliphatic heterocycles. The molecule has 0 aliphatic carbocycles. The first-order chi connectivity index (χ1) is 19.4. The van der Waals surface area contributed by atoms with Crippen LogP contribution in [0, 0.1) is 18.3 Å². The Labute approximate surface area is 238 Å². The minimum atomic E-state index is -1.10. The van der Waals surface area contributed by atoms with Crippen LogP contribution in [0.1, 0.15) is 43.4 Å². The lowest BCUT2D eigenvalue weighted by molar-refractivity contribution is 0.00967. The van der Waals surface area contributed by atoms with Crippen molar-refractivity contribution < 1.29 is 19.4 Å². The number of nitrogens with one attached hydrogen (secondary N) is 2. The van der Waals surface area contributed by atoms with Crippen molar-refractivity contribution in [2.45, 2.75) is 32.1 Å². The van der Waals surface area contributed by atoms with E-state index in [0.29, 0.717) is 42.6 Å². The third kappa shape index (κ3) is 5.67. The Morgan fingerprint density at radius 1 is 1.32 bits per heavy atom. The van der Waals surface area contributed by atoms with Crippen molar-refractivity contribution in [1.29, 1.82) is 5.26 Å². The predicted molar refractivity (Wildman–Crippen MR) is 148 cm³/mol. The molecule has 0 spiro atoms. The molecule has 2 atom stereocenters. The number of aromatic amines is 1. The summed E-state index contributed by atoms with van der Waals surface area (Å²) in [6, 6.07) is 11.3. The van der Waals surface area contributed by atoms with E-state index in [1.807, 2.05) is 41.3 Å². The Morgan fingerprint density at radius 3 is 2.83 bits per heavy atom. The van der Waals surface area contributed by atoms with Crippen LogP contribution in [0.5, 0.6) is 0 Å². The zero-order chi connectivity index (χ0) is 28.2. The van der Waals surface area contributed by atoms with Crippen LogP contribution in [0.2, 0.25) is 5.02 Å². The number of rotatable bonds is 8. The van der Waals surface area contributed by atoms with Gasteiger partial charge in [-0.1, -0.05) is 53.3 Å². The minimum absolute atomic E-state index is 0.0655. The lowest BCUT2D eigenvalue weighted by Crippen LogP contribution is -2.55. The zero-order valence-electron chi connectivity index (χ0n) is 21.3. The number of halogens is 1. The molecular formula is C27H24ClN7O4S. The van der Waals surface area contributed by atoms with Crippen molar-refractivity contribution in [2.75, 3.05) is 18.0 Å². The summed E-state index contributed by atoms with van der Waals surface area (Å²) in [7, 11) is 0. The third-order valence-corrected chi connectivity index (χ3v) is 8.10. The number of thiazole rings is 1. The van der Waals surface area contributed by atoms with E-state index in [1.165, 1.54) is 18.6 Å². The van der Waals surface area contributed by atoms with Crippen LogP contribution in [-0.4, -0.2) is 62.2 Å². The second-order valence-corrected chi connectivity index (χ2v) is 10.5. The highest BCUT2D eigenvalue weighted by molar-refractivity contribution is 7.17. The number of carboxylic acid groups (broad SMARTS) is 1. The van der Waals surface area contributed by atoms with Gasteiger partial charge in [-0.15, -0.1) is 0 Å². The molecule has 0 unspecified atom stereocenters. The van der Waals surface area contributed by atoms with Crippen molar-refractivity contribution in [1.82, 2.24) is 25.3 Å². The monoisotopic (exact) mass is 577 g/mol. The van der Waals surface area contributed by atoms with Crippen molar-refractivity contribution in [3.05, 3.63) is 81.3 Å². The average molecular weight is 578 g/mol. The molecule has 4 heterocycles. The van der Waals surface area contributed by atoms with Gasteiger partial charge in [0.15, 0.2) is 5.13 Å². The molecule has 13 heteroatoms. The second kappa shape index (κ2) is 11.8. The largest absolute Gasteiger partial charge is 0.477 e. The summed E-state index contributed by atoms with van der Waals surface area (Å²) in [6.07, 6.45) is 4.49. The molecule has 0 bridgehead atoms. The lowest BCUT2D eigenvalue weighted by Gasteiger charge is -2.38. The Hall–Kier alpha value is -4.31. The van der Waals surface area contributed by atoms with Gasteiger partial charge in [-0.05, 0) is 18.9 Å². The molecule has 1 fully saturated rings. The molecule has 3 N–H and O–H groups in total. The number of aromatic carboxylic acids is 1. The summed E-state index contributed by atoms with van der Waals surface area (Å²) in [5, 5.41) is 23.1. The fraction of sp³-hybridized carbons (Fsp3) is 0.259. The van der Waals surface area contributed by atoms with Gasteiger partial charge in [0.1, 0.15) is 33.6 Å². The van der Waals surface area contributed by atoms with E-state index in [9.17, 15) is 20.0 Å². The number of piperidine rings is 1. The van der Waals surface area contributed by atoms with E-state index in [-0.39, 0.29) is 32.9 Å². The quantitative estimate of drug-likeness (QED) is 0.281. The molecule has 0 radical (unpaired) electrons. The van der Waals surface area contributed by atoms with Crippen LogP contribution >= 0.6 is 22.9 Å². The molecule has 0 saturated carbocycles. The summed E-state index contributed by atoms with van der Waals surface area (Å²) in [5.74, 6) is -1.55. The van der Waals surface area contributed by atoms with Crippen LogP contribution < -0.4 is 10.2 Å². The van der Waals surface area contributed by atoms with Gasteiger partial charge in [0.25, 0.3) is 5.91 Å². The topological polar surface area (TPSA) is 157 Å². The van der Waals surface area contributed by atoms with Gasteiger partial charge in [0.2, 0.25) is 0 Å². The number of carbonyl (C=O) groups excluding carboxylic acids is 1. The van der Waals surface area contributed by atoms with Crippen LogP contribution in [0.4, 0.5) is 5.13 Å².